The number of quaternary nitrogens is 1. The molecular weight excluding hydrogens is 500 g/mol. The first kappa shape index (κ1) is 37.8. The van der Waals surface area contributed by atoms with Crippen LogP contribution in [0.25, 0.3) is 0 Å². The van der Waals surface area contributed by atoms with E-state index in [9.17, 15) is 0 Å². The lowest BCUT2D eigenvalue weighted by Crippen LogP contribution is -2.50. The maximum atomic E-state index is 8.28. The molecule has 4 nitrogen and oxygen atoms in total. The third-order valence-corrected chi connectivity index (χ3v) is 10.6. The molecule has 4 heteroatoms. The van der Waals surface area contributed by atoms with Gasteiger partial charge in [-0.2, -0.15) is 5.43 Å². The largest absolute Gasteiger partial charge is 0.310 e. The minimum atomic E-state index is 0.380. The first-order chi connectivity index (χ1) is 19.3. The van der Waals surface area contributed by atoms with E-state index in [1.165, 1.54) is 70.8 Å². The van der Waals surface area contributed by atoms with Gasteiger partial charge in [-0.05, 0) is 107 Å². The predicted octanol–water partition coefficient (Wildman–Crippen LogP) is 9.31. The average Bonchev–Trinajstić information content (AvgIpc) is 3.68. The van der Waals surface area contributed by atoms with Crippen molar-refractivity contribution >= 4 is 5.71 Å². The highest BCUT2D eigenvalue weighted by Crippen LogP contribution is 2.66. The lowest BCUT2D eigenvalue weighted by molar-refractivity contribution is -0.915. The van der Waals surface area contributed by atoms with Crippen LogP contribution >= 0.6 is 0 Å². The normalized spacial score (nSPS) is 33.1. The Labute approximate surface area is 257 Å². The number of rotatable bonds is 9. The highest BCUT2D eigenvalue weighted by molar-refractivity contribution is 5.82. The topological polar surface area (TPSA) is 39.1 Å². The number of fused-ring (bicyclic) bond motifs is 3. The number of allylic oxidation sites excluding steroid dienone is 4. The van der Waals surface area contributed by atoms with Crippen molar-refractivity contribution in [1.29, 1.82) is 5.41 Å². The molecule has 238 valence electrons. The molecule has 4 aliphatic rings. The standard InChI is InChI=1S/C23H37N.C9H22N3.C3H6.C2H6/c1-6-8-17-9-10-18-20-12-11-19(16(3)24)23(20,5)15-13-21(18)22(17,4)14-7-2;1-11(9-5-6-9)8-7-10-12(2,3)4;1-3-2;1-2/h6,8,18-21,24H,1,7,9-15H2,2-5H3;9-10H,5-8H2,1-4H3;3H,1H2,2H3;1-2H3/q;+1;;/b17-8-,24-16?;;;. The fourth-order valence-electron chi connectivity index (χ4n) is 8.58. The molecule has 0 amide bonds. The van der Waals surface area contributed by atoms with Crippen molar-refractivity contribution in [2.45, 2.75) is 119 Å². The van der Waals surface area contributed by atoms with Gasteiger partial charge in [-0.3, -0.25) is 4.59 Å². The van der Waals surface area contributed by atoms with Crippen LogP contribution in [-0.4, -0.2) is 62.5 Å². The van der Waals surface area contributed by atoms with Gasteiger partial charge in [-0.1, -0.05) is 71.4 Å². The lowest BCUT2D eigenvalue weighted by Gasteiger charge is -2.57. The molecule has 4 fully saturated rings. The highest BCUT2D eigenvalue weighted by Gasteiger charge is 2.58. The minimum absolute atomic E-state index is 0.380. The predicted molar refractivity (Wildman–Crippen MR) is 183 cm³/mol. The zero-order valence-corrected chi connectivity index (χ0v) is 29.4. The van der Waals surface area contributed by atoms with Gasteiger partial charge in [0.15, 0.2) is 0 Å². The molecule has 0 aromatic heterocycles. The minimum Gasteiger partial charge on any atom is -0.310 e. The number of hydrogen-bond acceptors (Lipinski definition) is 3. The zero-order chi connectivity index (χ0) is 31.4. The van der Waals surface area contributed by atoms with E-state index in [-0.39, 0.29) is 0 Å². The fourth-order valence-corrected chi connectivity index (χ4v) is 8.58. The Bertz CT molecular complexity index is 834. The third kappa shape index (κ3) is 10.2. The molecule has 0 bridgehead atoms. The summed E-state index contributed by atoms with van der Waals surface area (Å²) in [6, 6.07) is 0.888. The summed E-state index contributed by atoms with van der Waals surface area (Å²) in [5.74, 6) is 3.13. The maximum absolute atomic E-state index is 8.28. The van der Waals surface area contributed by atoms with Crippen LogP contribution in [0.4, 0.5) is 0 Å². The molecule has 41 heavy (non-hydrogen) atoms. The molecule has 6 unspecified atom stereocenters. The number of likely N-dealkylation sites (N-methyl/N-ethyl adjacent to an activating group) is 1. The Morgan fingerprint density at radius 1 is 1.05 bits per heavy atom. The summed E-state index contributed by atoms with van der Waals surface area (Å²) in [6.45, 7) is 25.0. The Morgan fingerprint density at radius 3 is 2.15 bits per heavy atom. The van der Waals surface area contributed by atoms with Crippen LogP contribution in [-0.2, 0) is 0 Å². The van der Waals surface area contributed by atoms with Crippen LogP contribution in [0.15, 0.2) is 37.0 Å². The third-order valence-electron chi connectivity index (χ3n) is 10.6. The van der Waals surface area contributed by atoms with Crippen molar-refractivity contribution in [1.82, 2.24) is 10.3 Å². The summed E-state index contributed by atoms with van der Waals surface area (Å²) >= 11 is 0. The molecule has 0 aromatic carbocycles. The second-order valence-corrected chi connectivity index (χ2v) is 14.4. The summed E-state index contributed by atoms with van der Waals surface area (Å²) < 4.78 is 0.846. The molecule has 0 saturated heterocycles. The van der Waals surface area contributed by atoms with E-state index < -0.39 is 0 Å². The Kier molecular flexibility index (Phi) is 15.8. The summed E-state index contributed by atoms with van der Waals surface area (Å²) in [4.78, 5) is 2.45. The summed E-state index contributed by atoms with van der Waals surface area (Å²) in [5, 5.41) is 8.28. The Morgan fingerprint density at radius 2 is 1.66 bits per heavy atom. The lowest BCUT2D eigenvalue weighted by atomic mass is 9.47. The van der Waals surface area contributed by atoms with E-state index in [1.54, 1.807) is 11.6 Å². The van der Waals surface area contributed by atoms with E-state index in [0.717, 1.165) is 40.6 Å². The van der Waals surface area contributed by atoms with Crippen LogP contribution in [0, 0.1) is 39.9 Å². The smallest absolute Gasteiger partial charge is 0.0853 e. The van der Waals surface area contributed by atoms with Crippen LogP contribution in [0.2, 0.25) is 0 Å². The van der Waals surface area contributed by atoms with Gasteiger partial charge in [0.25, 0.3) is 0 Å². The SMILES string of the molecule is C=C/C=C1/CCC2C(CCC3(C)C(C(C)=N)CCC23)C1(C)CCC.C=CC.CC.CN(CCN[N+](C)(C)C)C1CC1. The molecule has 0 spiro atoms. The Hall–Kier alpha value is -1.23. The van der Waals surface area contributed by atoms with Gasteiger partial charge in [-0.25, -0.2) is 0 Å². The van der Waals surface area contributed by atoms with Gasteiger partial charge in [-0.15, -0.1) is 6.58 Å². The average molecular weight is 572 g/mol. The molecule has 0 aliphatic heterocycles. The maximum Gasteiger partial charge on any atom is 0.0853 e. The quantitative estimate of drug-likeness (QED) is 0.125. The zero-order valence-electron chi connectivity index (χ0n) is 29.4. The summed E-state index contributed by atoms with van der Waals surface area (Å²) in [6.07, 6.45) is 19.5. The second kappa shape index (κ2) is 17.2. The first-order valence-corrected chi connectivity index (χ1v) is 17.0. The van der Waals surface area contributed by atoms with E-state index in [0.29, 0.717) is 16.7 Å². The molecule has 0 aromatic rings. The van der Waals surface area contributed by atoms with Crippen LogP contribution in [0.1, 0.15) is 113 Å². The van der Waals surface area contributed by atoms with Crippen molar-refractivity contribution in [3.63, 3.8) is 0 Å². The van der Waals surface area contributed by atoms with Gasteiger partial charge >= 0.3 is 0 Å². The van der Waals surface area contributed by atoms with Gasteiger partial charge in [0.05, 0.1) is 27.7 Å². The number of nitrogens with zero attached hydrogens (tertiary/aromatic N) is 2. The monoisotopic (exact) mass is 572 g/mol. The van der Waals surface area contributed by atoms with Gasteiger partial charge in [0, 0.05) is 24.2 Å². The Balaban J connectivity index is 0.000000414. The fraction of sp³-hybridized carbons (Fsp3) is 0.811. The van der Waals surface area contributed by atoms with E-state index in [4.69, 9.17) is 5.41 Å². The molecule has 4 aliphatic carbocycles. The van der Waals surface area contributed by atoms with E-state index in [2.05, 4.69) is 85.4 Å². The van der Waals surface area contributed by atoms with Crippen LogP contribution in [0.3, 0.4) is 0 Å². The van der Waals surface area contributed by atoms with Crippen molar-refractivity contribution in [3.05, 3.63) is 37.0 Å². The van der Waals surface area contributed by atoms with Crippen molar-refractivity contribution in [2.75, 3.05) is 41.3 Å². The number of nitrogens with one attached hydrogen (secondary N) is 2. The molecule has 0 radical (unpaired) electrons. The van der Waals surface area contributed by atoms with Crippen molar-refractivity contribution in [3.8, 4) is 0 Å². The van der Waals surface area contributed by atoms with Crippen LogP contribution in [0.5, 0.6) is 0 Å². The highest BCUT2D eigenvalue weighted by atomic mass is 15.6. The van der Waals surface area contributed by atoms with Gasteiger partial charge in [0.2, 0.25) is 0 Å². The second-order valence-electron chi connectivity index (χ2n) is 14.4. The van der Waals surface area contributed by atoms with E-state index >= 15 is 0 Å². The van der Waals surface area contributed by atoms with Crippen LogP contribution < -0.4 is 5.43 Å². The van der Waals surface area contributed by atoms with Crippen molar-refractivity contribution in [2.24, 2.45) is 34.5 Å². The van der Waals surface area contributed by atoms with Gasteiger partial charge < -0.3 is 10.3 Å². The molecule has 0 heterocycles. The molecule has 2 N–H and O–H groups in total. The van der Waals surface area contributed by atoms with Crippen molar-refractivity contribution < 1.29 is 4.59 Å². The molecular formula is C37H71N4+. The summed E-state index contributed by atoms with van der Waals surface area (Å²) in [5.41, 5.74) is 6.82. The number of hydrogen-bond donors (Lipinski definition) is 2. The molecule has 4 saturated carbocycles. The molecule has 4 rings (SSSR count). The summed E-state index contributed by atoms with van der Waals surface area (Å²) in [7, 11) is 8.67. The van der Waals surface area contributed by atoms with Gasteiger partial charge in [0.1, 0.15) is 0 Å². The first-order valence-electron chi connectivity index (χ1n) is 17.0. The molecule has 6 atom stereocenters. The van der Waals surface area contributed by atoms with E-state index in [1.807, 2.05) is 26.8 Å².